The van der Waals surface area contributed by atoms with Crippen molar-refractivity contribution in [3.8, 4) is 0 Å². The number of hydrogen-bond donors (Lipinski definition) is 1. The quantitative estimate of drug-likeness (QED) is 0.501. The molecule has 0 aromatic heterocycles. The molecule has 0 saturated carbocycles. The molecule has 21 heavy (non-hydrogen) atoms. The summed E-state index contributed by atoms with van der Waals surface area (Å²) in [5.74, 6) is -2.00. The minimum Gasteiger partial charge on any atom is -0.325 e. The van der Waals surface area contributed by atoms with E-state index in [1.54, 1.807) is 30.3 Å². The lowest BCUT2D eigenvalue weighted by atomic mass is 10.1. The van der Waals surface area contributed by atoms with Gasteiger partial charge in [0, 0.05) is 10.7 Å². The molecule has 0 aliphatic heterocycles. The maximum atomic E-state index is 13.7. The second kappa shape index (κ2) is 6.83. The molecule has 0 aliphatic carbocycles. The van der Waals surface area contributed by atoms with E-state index in [0.717, 1.165) is 6.07 Å². The molecule has 108 valence electrons. The van der Waals surface area contributed by atoms with Crippen LogP contribution in [0.3, 0.4) is 0 Å². The van der Waals surface area contributed by atoms with Crippen molar-refractivity contribution in [2.45, 2.75) is 4.83 Å². The molecule has 2 rings (SSSR count). The number of anilines is 1. The maximum Gasteiger partial charge on any atom is 0.246 e. The van der Waals surface area contributed by atoms with Crippen molar-refractivity contribution in [3.05, 3.63) is 64.9 Å². The summed E-state index contributed by atoms with van der Waals surface area (Å²) in [6.45, 7) is 0. The smallest absolute Gasteiger partial charge is 0.246 e. The molecule has 1 unspecified atom stereocenters. The van der Waals surface area contributed by atoms with Gasteiger partial charge in [-0.25, -0.2) is 4.39 Å². The van der Waals surface area contributed by atoms with Crippen LogP contribution in [0.4, 0.5) is 10.1 Å². The van der Waals surface area contributed by atoms with Gasteiger partial charge in [0.05, 0.1) is 5.56 Å². The third-order valence-corrected chi connectivity index (χ3v) is 3.77. The van der Waals surface area contributed by atoms with Crippen LogP contribution in [0.15, 0.2) is 48.5 Å². The summed E-state index contributed by atoms with van der Waals surface area (Å²) in [4.78, 5) is 22.9. The van der Waals surface area contributed by atoms with Gasteiger partial charge in [0.1, 0.15) is 5.82 Å². The van der Waals surface area contributed by atoms with E-state index < -0.39 is 22.3 Å². The van der Waals surface area contributed by atoms with E-state index in [-0.39, 0.29) is 10.6 Å². The minimum atomic E-state index is -1.19. The van der Waals surface area contributed by atoms with Gasteiger partial charge in [0.25, 0.3) is 0 Å². The highest BCUT2D eigenvalue weighted by atomic mass is 79.9. The first-order chi connectivity index (χ1) is 9.99. The fraction of sp³-hybridized carbons (Fsp3) is 0.0667. The standard InChI is InChI=1S/C15H10BrClFNO2/c16-13(15(21)19-10-4-2-1-3-5-10)14(20)11-7-6-9(17)8-12(11)18/h1-8,13H,(H,19,21). The average molecular weight is 371 g/mol. The Hall–Kier alpha value is -1.72. The van der Waals surface area contributed by atoms with Crippen LogP contribution in [0.2, 0.25) is 5.02 Å². The molecule has 3 nitrogen and oxygen atoms in total. The maximum absolute atomic E-state index is 13.7. The van der Waals surface area contributed by atoms with Crippen LogP contribution < -0.4 is 5.32 Å². The molecule has 1 N–H and O–H groups in total. The van der Waals surface area contributed by atoms with Crippen molar-refractivity contribution in [1.82, 2.24) is 0 Å². The largest absolute Gasteiger partial charge is 0.325 e. The second-order valence-electron chi connectivity index (χ2n) is 4.21. The van der Waals surface area contributed by atoms with Crippen LogP contribution in [-0.4, -0.2) is 16.5 Å². The number of alkyl halides is 1. The molecule has 0 spiro atoms. The first-order valence-corrected chi connectivity index (χ1v) is 7.27. The topological polar surface area (TPSA) is 46.2 Å². The van der Waals surface area contributed by atoms with Crippen molar-refractivity contribution in [3.63, 3.8) is 0 Å². The van der Waals surface area contributed by atoms with Crippen LogP contribution in [-0.2, 0) is 4.79 Å². The average Bonchev–Trinajstić information content (AvgIpc) is 2.47. The Bertz CT molecular complexity index is 679. The van der Waals surface area contributed by atoms with Crippen LogP contribution in [0.1, 0.15) is 10.4 Å². The summed E-state index contributed by atoms with van der Waals surface area (Å²) in [6.07, 6.45) is 0. The molecule has 0 heterocycles. The highest BCUT2D eigenvalue weighted by Gasteiger charge is 2.26. The number of carbonyl (C=O) groups excluding carboxylic acids is 2. The zero-order valence-electron chi connectivity index (χ0n) is 10.6. The van der Waals surface area contributed by atoms with Crippen molar-refractivity contribution in [2.24, 2.45) is 0 Å². The normalized spacial score (nSPS) is 11.8. The molecule has 6 heteroatoms. The number of ketones is 1. The van der Waals surface area contributed by atoms with E-state index in [9.17, 15) is 14.0 Å². The number of carbonyl (C=O) groups is 2. The molecule has 0 fully saturated rings. The first-order valence-electron chi connectivity index (χ1n) is 5.98. The van der Waals surface area contributed by atoms with Gasteiger partial charge in [0.2, 0.25) is 5.91 Å². The molecule has 0 aliphatic rings. The second-order valence-corrected chi connectivity index (χ2v) is 5.56. The van der Waals surface area contributed by atoms with Crippen molar-refractivity contribution < 1.29 is 14.0 Å². The zero-order chi connectivity index (χ0) is 15.4. The minimum absolute atomic E-state index is 0.184. The Kier molecular flexibility index (Phi) is 5.09. The number of para-hydroxylation sites is 1. The summed E-state index contributed by atoms with van der Waals surface area (Å²) in [7, 11) is 0. The Morgan fingerprint density at radius 1 is 1.14 bits per heavy atom. The van der Waals surface area contributed by atoms with E-state index in [0.29, 0.717) is 5.69 Å². The number of amides is 1. The molecule has 1 amide bonds. The Morgan fingerprint density at radius 3 is 2.43 bits per heavy atom. The summed E-state index contributed by atoms with van der Waals surface area (Å²) in [6, 6.07) is 12.4. The zero-order valence-corrected chi connectivity index (χ0v) is 13.0. The van der Waals surface area contributed by atoms with Gasteiger partial charge < -0.3 is 5.32 Å². The van der Waals surface area contributed by atoms with Gasteiger partial charge in [-0.15, -0.1) is 0 Å². The fourth-order valence-corrected chi connectivity index (χ4v) is 2.19. The molecule has 2 aromatic carbocycles. The molecule has 0 saturated heterocycles. The van der Waals surface area contributed by atoms with Crippen LogP contribution in [0, 0.1) is 5.82 Å². The number of halogens is 3. The third kappa shape index (κ3) is 3.89. The summed E-state index contributed by atoms with van der Waals surface area (Å²) in [5.41, 5.74) is 0.362. The highest BCUT2D eigenvalue weighted by Crippen LogP contribution is 2.19. The van der Waals surface area contributed by atoms with E-state index in [1.807, 2.05) is 0 Å². The molecule has 2 aromatic rings. The van der Waals surface area contributed by atoms with Gasteiger partial charge in [-0.2, -0.15) is 0 Å². The van der Waals surface area contributed by atoms with E-state index in [4.69, 9.17) is 11.6 Å². The number of nitrogens with one attached hydrogen (secondary N) is 1. The molecule has 0 bridgehead atoms. The molecule has 0 radical (unpaired) electrons. The van der Waals surface area contributed by atoms with Gasteiger partial charge in [-0.1, -0.05) is 45.7 Å². The van der Waals surface area contributed by atoms with E-state index >= 15 is 0 Å². The predicted molar refractivity (Wildman–Crippen MR) is 83.5 cm³/mol. The first kappa shape index (κ1) is 15.7. The predicted octanol–water partition coefficient (Wildman–Crippen LogP) is 4.06. The highest BCUT2D eigenvalue weighted by molar-refractivity contribution is 9.10. The number of benzene rings is 2. The van der Waals surface area contributed by atoms with Crippen LogP contribution in [0.5, 0.6) is 0 Å². The Labute approximate surface area is 134 Å². The van der Waals surface area contributed by atoms with Crippen LogP contribution in [0.25, 0.3) is 0 Å². The SMILES string of the molecule is O=C(Nc1ccccc1)C(Br)C(=O)c1ccc(Cl)cc1F. The summed E-state index contributed by atoms with van der Waals surface area (Å²) >= 11 is 8.62. The van der Waals surface area contributed by atoms with Crippen molar-refractivity contribution in [1.29, 1.82) is 0 Å². The Balaban J connectivity index is 2.13. The molecular weight excluding hydrogens is 361 g/mol. The van der Waals surface area contributed by atoms with Crippen molar-refractivity contribution in [2.75, 3.05) is 5.32 Å². The summed E-state index contributed by atoms with van der Waals surface area (Å²) in [5, 5.41) is 2.75. The lowest BCUT2D eigenvalue weighted by Crippen LogP contribution is -2.30. The summed E-state index contributed by atoms with van der Waals surface area (Å²) < 4.78 is 13.7. The molecule has 1 atom stereocenters. The van der Waals surface area contributed by atoms with E-state index in [1.165, 1.54) is 12.1 Å². The number of hydrogen-bond acceptors (Lipinski definition) is 2. The third-order valence-electron chi connectivity index (χ3n) is 2.70. The molecular formula is C15H10BrClFNO2. The van der Waals surface area contributed by atoms with Gasteiger partial charge in [-0.3, -0.25) is 9.59 Å². The van der Waals surface area contributed by atoms with Gasteiger partial charge >= 0.3 is 0 Å². The number of rotatable bonds is 4. The van der Waals surface area contributed by atoms with Crippen molar-refractivity contribution >= 4 is 44.9 Å². The fourth-order valence-electron chi connectivity index (χ4n) is 1.67. The lowest BCUT2D eigenvalue weighted by Gasteiger charge is -2.10. The Morgan fingerprint density at radius 2 is 1.81 bits per heavy atom. The monoisotopic (exact) mass is 369 g/mol. The van der Waals surface area contributed by atoms with Gasteiger partial charge in [0.15, 0.2) is 10.6 Å². The lowest BCUT2D eigenvalue weighted by molar-refractivity contribution is -0.114. The van der Waals surface area contributed by atoms with E-state index in [2.05, 4.69) is 21.2 Å². The van der Waals surface area contributed by atoms with Gasteiger partial charge in [-0.05, 0) is 30.3 Å². The number of Topliss-reactive ketones (excluding diaryl/α,β-unsaturated/α-hetero) is 1. The van der Waals surface area contributed by atoms with Crippen LogP contribution >= 0.6 is 27.5 Å².